The summed E-state index contributed by atoms with van der Waals surface area (Å²) in [5, 5.41) is 18.6. The van der Waals surface area contributed by atoms with Crippen LogP contribution in [0.25, 0.3) is 5.69 Å². The van der Waals surface area contributed by atoms with Gasteiger partial charge in [0, 0.05) is 11.6 Å². The summed E-state index contributed by atoms with van der Waals surface area (Å²) in [7, 11) is 0. The lowest BCUT2D eigenvalue weighted by molar-refractivity contribution is -0.384. The van der Waals surface area contributed by atoms with Crippen LogP contribution in [0.2, 0.25) is 0 Å². The van der Waals surface area contributed by atoms with E-state index in [0.717, 1.165) is 11.1 Å². The van der Waals surface area contributed by atoms with Crippen LogP contribution in [0.5, 0.6) is 0 Å². The predicted octanol–water partition coefficient (Wildman–Crippen LogP) is 3.89. The molecule has 4 aromatic rings. The van der Waals surface area contributed by atoms with Gasteiger partial charge in [0.15, 0.2) is 0 Å². The van der Waals surface area contributed by atoms with Gasteiger partial charge in [-0.25, -0.2) is 9.67 Å². The summed E-state index contributed by atoms with van der Waals surface area (Å²) in [6.45, 7) is 0. The molecule has 0 radical (unpaired) electrons. The second-order valence-corrected chi connectivity index (χ2v) is 6.93. The zero-order chi connectivity index (χ0) is 21.6. The Morgan fingerprint density at radius 2 is 1.74 bits per heavy atom. The minimum Gasteiger partial charge on any atom is -0.345 e. The molecule has 0 unspecified atom stereocenters. The van der Waals surface area contributed by atoms with Crippen molar-refractivity contribution in [1.82, 2.24) is 20.1 Å². The Kier molecular flexibility index (Phi) is 5.79. The van der Waals surface area contributed by atoms with E-state index in [1.807, 2.05) is 60.7 Å². The van der Waals surface area contributed by atoms with Gasteiger partial charge in [-0.05, 0) is 29.7 Å². The highest BCUT2D eigenvalue weighted by Crippen LogP contribution is 2.25. The average molecular weight is 413 g/mol. The number of aromatic nitrogens is 3. The molecule has 1 atom stereocenters. The quantitative estimate of drug-likeness (QED) is 0.366. The number of carbonyl (C=O) groups is 1. The molecule has 0 aliphatic heterocycles. The van der Waals surface area contributed by atoms with E-state index >= 15 is 0 Å². The molecule has 0 bridgehead atoms. The van der Waals surface area contributed by atoms with Gasteiger partial charge < -0.3 is 5.32 Å². The highest BCUT2D eigenvalue weighted by atomic mass is 16.6. The lowest BCUT2D eigenvalue weighted by Crippen LogP contribution is -2.30. The maximum absolute atomic E-state index is 13.0. The van der Waals surface area contributed by atoms with Crippen LogP contribution in [-0.4, -0.2) is 25.6 Å². The number of rotatable bonds is 7. The molecule has 1 aromatic heterocycles. The molecule has 1 N–H and O–H groups in total. The Balaban J connectivity index is 1.62. The van der Waals surface area contributed by atoms with Crippen molar-refractivity contribution in [1.29, 1.82) is 0 Å². The lowest BCUT2D eigenvalue weighted by Gasteiger charge is -2.20. The first-order chi connectivity index (χ1) is 15.1. The normalized spacial score (nSPS) is 11.6. The van der Waals surface area contributed by atoms with Crippen LogP contribution in [0, 0.1) is 10.1 Å². The molecule has 3 aromatic carbocycles. The van der Waals surface area contributed by atoms with Gasteiger partial charge in [0.05, 0.1) is 11.0 Å². The fourth-order valence-electron chi connectivity index (χ4n) is 3.37. The van der Waals surface area contributed by atoms with Crippen LogP contribution in [-0.2, 0) is 6.42 Å². The molecule has 154 valence electrons. The van der Waals surface area contributed by atoms with Gasteiger partial charge in [-0.1, -0.05) is 60.7 Å². The molecule has 4 rings (SSSR count). The van der Waals surface area contributed by atoms with Crippen LogP contribution in [0.3, 0.4) is 0 Å². The van der Waals surface area contributed by atoms with Crippen molar-refractivity contribution < 1.29 is 9.72 Å². The monoisotopic (exact) mass is 413 g/mol. The van der Waals surface area contributed by atoms with Gasteiger partial charge in [0.2, 0.25) is 0 Å². The standard InChI is InChI=1S/C23H19N5O3/c29-23(19-11-12-21(22(14-19)28(30)31)27-16-24-15-25-27)26-20(18-9-5-2-6-10-18)13-17-7-3-1-4-8-17/h1-12,14-16,20H,13H2,(H,26,29)/t20-/m1/s1. The molecular weight excluding hydrogens is 394 g/mol. The van der Waals surface area contributed by atoms with Crippen LogP contribution in [0.4, 0.5) is 5.69 Å². The minimum atomic E-state index is -0.535. The van der Waals surface area contributed by atoms with Crippen molar-refractivity contribution in [3.63, 3.8) is 0 Å². The summed E-state index contributed by atoms with van der Waals surface area (Å²) in [5.74, 6) is -0.391. The van der Waals surface area contributed by atoms with E-state index in [1.165, 1.54) is 29.5 Å². The van der Waals surface area contributed by atoms with Gasteiger partial charge in [0.1, 0.15) is 18.3 Å². The Bertz CT molecular complexity index is 1180. The SMILES string of the molecule is O=C(N[C@H](Cc1ccccc1)c1ccccc1)c1ccc(-n2cncn2)c([N+](=O)[O-])c1. The summed E-state index contributed by atoms with van der Waals surface area (Å²) >= 11 is 0. The molecule has 8 nitrogen and oxygen atoms in total. The second-order valence-electron chi connectivity index (χ2n) is 6.93. The van der Waals surface area contributed by atoms with Crippen molar-refractivity contribution in [2.24, 2.45) is 0 Å². The van der Waals surface area contributed by atoms with Crippen molar-refractivity contribution in [2.45, 2.75) is 12.5 Å². The van der Waals surface area contributed by atoms with E-state index in [0.29, 0.717) is 6.42 Å². The summed E-state index contributed by atoms with van der Waals surface area (Å²) in [5.41, 5.74) is 2.24. The maximum atomic E-state index is 13.0. The topological polar surface area (TPSA) is 103 Å². The number of nitro groups is 1. The number of carbonyl (C=O) groups excluding carboxylic acids is 1. The third kappa shape index (κ3) is 4.64. The maximum Gasteiger partial charge on any atom is 0.295 e. The number of hydrogen-bond acceptors (Lipinski definition) is 5. The van der Waals surface area contributed by atoms with Crippen molar-refractivity contribution in [2.75, 3.05) is 0 Å². The Morgan fingerprint density at radius 3 is 2.39 bits per heavy atom. The molecule has 0 spiro atoms. The zero-order valence-electron chi connectivity index (χ0n) is 16.5. The van der Waals surface area contributed by atoms with Gasteiger partial charge in [0.25, 0.3) is 11.6 Å². The Hall–Kier alpha value is -4.33. The van der Waals surface area contributed by atoms with Crippen molar-refractivity contribution in [3.05, 3.63) is 118 Å². The molecule has 0 fully saturated rings. The van der Waals surface area contributed by atoms with E-state index in [2.05, 4.69) is 15.4 Å². The second kappa shape index (κ2) is 9.00. The van der Waals surface area contributed by atoms with Crippen LogP contribution in [0.1, 0.15) is 27.5 Å². The minimum absolute atomic E-state index is 0.199. The molecule has 0 saturated carbocycles. The van der Waals surface area contributed by atoms with E-state index in [4.69, 9.17) is 0 Å². The summed E-state index contributed by atoms with van der Waals surface area (Å²) < 4.78 is 1.29. The summed E-state index contributed by atoms with van der Waals surface area (Å²) in [6, 6.07) is 23.5. The first-order valence-electron chi connectivity index (χ1n) is 9.65. The average Bonchev–Trinajstić information content (AvgIpc) is 3.34. The fraction of sp³-hybridized carbons (Fsp3) is 0.0870. The number of benzene rings is 3. The van der Waals surface area contributed by atoms with Gasteiger partial charge in [-0.15, -0.1) is 0 Å². The largest absolute Gasteiger partial charge is 0.345 e. The third-order valence-electron chi connectivity index (χ3n) is 4.89. The first-order valence-corrected chi connectivity index (χ1v) is 9.65. The highest BCUT2D eigenvalue weighted by molar-refractivity contribution is 5.95. The fourth-order valence-corrected chi connectivity index (χ4v) is 3.37. The van der Waals surface area contributed by atoms with Crippen LogP contribution < -0.4 is 5.32 Å². The third-order valence-corrected chi connectivity index (χ3v) is 4.89. The van der Waals surface area contributed by atoms with Gasteiger partial charge in [-0.2, -0.15) is 5.10 Å². The predicted molar refractivity (Wildman–Crippen MR) is 115 cm³/mol. The van der Waals surface area contributed by atoms with Crippen molar-refractivity contribution >= 4 is 11.6 Å². The smallest absolute Gasteiger partial charge is 0.295 e. The molecule has 1 heterocycles. The number of nitro benzene ring substituents is 1. The number of nitrogens with one attached hydrogen (secondary N) is 1. The zero-order valence-corrected chi connectivity index (χ0v) is 16.5. The highest BCUT2D eigenvalue weighted by Gasteiger charge is 2.22. The molecular formula is C23H19N5O3. The summed E-state index contributed by atoms with van der Waals surface area (Å²) in [6.07, 6.45) is 3.25. The van der Waals surface area contributed by atoms with E-state index < -0.39 is 10.8 Å². The Morgan fingerprint density at radius 1 is 1.03 bits per heavy atom. The molecule has 0 aliphatic carbocycles. The van der Waals surface area contributed by atoms with Gasteiger partial charge >= 0.3 is 0 Å². The van der Waals surface area contributed by atoms with Crippen LogP contribution in [0.15, 0.2) is 91.5 Å². The Labute approximate surface area is 178 Å². The lowest BCUT2D eigenvalue weighted by atomic mass is 9.98. The van der Waals surface area contributed by atoms with E-state index in [-0.39, 0.29) is 23.0 Å². The van der Waals surface area contributed by atoms with Gasteiger partial charge in [-0.3, -0.25) is 14.9 Å². The summed E-state index contributed by atoms with van der Waals surface area (Å²) in [4.78, 5) is 27.9. The molecule has 31 heavy (non-hydrogen) atoms. The first kappa shape index (κ1) is 20.0. The molecule has 1 amide bonds. The molecule has 8 heteroatoms. The number of hydrogen-bond donors (Lipinski definition) is 1. The van der Waals surface area contributed by atoms with Crippen molar-refractivity contribution in [3.8, 4) is 5.69 Å². The molecule has 0 aliphatic rings. The van der Waals surface area contributed by atoms with E-state index in [9.17, 15) is 14.9 Å². The number of amides is 1. The van der Waals surface area contributed by atoms with E-state index in [1.54, 1.807) is 6.07 Å². The van der Waals surface area contributed by atoms with Crippen LogP contribution >= 0.6 is 0 Å². The molecule has 0 saturated heterocycles. The number of nitrogens with zero attached hydrogens (tertiary/aromatic N) is 4.